The number of amides is 1. The highest BCUT2D eigenvalue weighted by Crippen LogP contribution is 2.16. The molecule has 0 unspecified atom stereocenters. The van der Waals surface area contributed by atoms with Crippen LogP contribution in [0.4, 0.5) is 5.95 Å². The molecule has 3 N–H and O–H groups in total. The van der Waals surface area contributed by atoms with Gasteiger partial charge in [0.15, 0.2) is 0 Å². The van der Waals surface area contributed by atoms with Crippen LogP contribution in [-0.4, -0.2) is 62.9 Å². The first-order valence-electron chi connectivity index (χ1n) is 11.1. The summed E-state index contributed by atoms with van der Waals surface area (Å²) in [5.74, 6) is 0.912. The van der Waals surface area contributed by atoms with E-state index in [0.717, 1.165) is 42.8 Å². The first-order chi connectivity index (χ1) is 16.0. The first kappa shape index (κ1) is 24.3. The van der Waals surface area contributed by atoms with E-state index in [1.165, 1.54) is 0 Å². The van der Waals surface area contributed by atoms with Crippen LogP contribution in [0.3, 0.4) is 0 Å². The van der Waals surface area contributed by atoms with E-state index < -0.39 is 0 Å². The minimum absolute atomic E-state index is 0.00848. The van der Waals surface area contributed by atoms with Crippen LogP contribution >= 0.6 is 0 Å². The van der Waals surface area contributed by atoms with Crippen molar-refractivity contribution < 1.29 is 14.6 Å². The number of nitrogens with zero attached hydrogens (tertiary/aromatic N) is 4. The monoisotopic (exact) mass is 452 g/mol. The number of anilines is 1. The maximum atomic E-state index is 12.6. The highest BCUT2D eigenvalue weighted by molar-refractivity contribution is 5.92. The van der Waals surface area contributed by atoms with Gasteiger partial charge >= 0.3 is 0 Å². The number of imidazole rings is 1. The fraction of sp³-hybridized carbons (Fsp3) is 0.417. The van der Waals surface area contributed by atoms with E-state index in [9.17, 15) is 9.90 Å². The number of aromatic nitrogens is 4. The summed E-state index contributed by atoms with van der Waals surface area (Å²) in [5, 5.41) is 15.5. The zero-order chi connectivity index (χ0) is 23.6. The Labute approximate surface area is 194 Å². The van der Waals surface area contributed by atoms with E-state index >= 15 is 0 Å². The number of aliphatic hydroxyl groups is 1. The number of aliphatic hydroxyl groups excluding tert-OH is 1. The lowest BCUT2D eigenvalue weighted by Crippen LogP contribution is -2.28. The van der Waals surface area contributed by atoms with Crippen molar-refractivity contribution in [2.75, 3.05) is 31.7 Å². The second kappa shape index (κ2) is 12.1. The molecule has 0 radical (unpaired) electrons. The summed E-state index contributed by atoms with van der Waals surface area (Å²) in [4.78, 5) is 25.9. The topological polar surface area (TPSA) is 114 Å². The highest BCUT2D eigenvalue weighted by Gasteiger charge is 2.16. The van der Waals surface area contributed by atoms with Gasteiger partial charge in [-0.1, -0.05) is 30.4 Å². The molecular formula is C24H32N6O3. The lowest BCUT2D eigenvalue weighted by Gasteiger charge is -2.23. The number of aryl methyl sites for hydroxylation is 1. The second-order valence-electron chi connectivity index (χ2n) is 7.99. The van der Waals surface area contributed by atoms with Gasteiger partial charge in [0.2, 0.25) is 5.95 Å². The number of rotatable bonds is 10. The Morgan fingerprint density at radius 1 is 1.33 bits per heavy atom. The predicted octanol–water partition coefficient (Wildman–Crippen LogP) is 2.73. The highest BCUT2D eigenvalue weighted by atomic mass is 16.5. The van der Waals surface area contributed by atoms with Crippen molar-refractivity contribution in [3.8, 4) is 5.82 Å². The van der Waals surface area contributed by atoms with Crippen LogP contribution < -0.4 is 10.6 Å². The Bertz CT molecular complexity index is 1020. The van der Waals surface area contributed by atoms with Crippen molar-refractivity contribution in [1.29, 1.82) is 0 Å². The van der Waals surface area contributed by atoms with Crippen LogP contribution in [0.1, 0.15) is 42.2 Å². The van der Waals surface area contributed by atoms with Crippen LogP contribution in [0.2, 0.25) is 0 Å². The molecule has 0 atom stereocenters. The van der Waals surface area contributed by atoms with E-state index in [-0.39, 0.29) is 24.2 Å². The van der Waals surface area contributed by atoms with E-state index in [1.54, 1.807) is 29.4 Å². The van der Waals surface area contributed by atoms with Crippen molar-refractivity contribution in [2.24, 2.45) is 0 Å². The quantitative estimate of drug-likeness (QED) is 0.475. The summed E-state index contributed by atoms with van der Waals surface area (Å²) < 4.78 is 7.12. The summed E-state index contributed by atoms with van der Waals surface area (Å²) >= 11 is 0. The normalized spacial score (nSPS) is 15.4. The van der Waals surface area contributed by atoms with Gasteiger partial charge in [-0.3, -0.25) is 9.36 Å². The van der Waals surface area contributed by atoms with Crippen molar-refractivity contribution in [3.63, 3.8) is 0 Å². The van der Waals surface area contributed by atoms with Crippen LogP contribution in [0.25, 0.3) is 5.82 Å². The number of hydrogen-bond donors (Lipinski definition) is 3. The van der Waals surface area contributed by atoms with E-state index in [0.29, 0.717) is 24.7 Å². The smallest absolute Gasteiger partial charge is 0.271 e. The van der Waals surface area contributed by atoms with E-state index in [4.69, 9.17) is 4.74 Å². The molecule has 1 saturated heterocycles. The van der Waals surface area contributed by atoms with Crippen LogP contribution in [0.15, 0.2) is 54.7 Å². The zero-order valence-corrected chi connectivity index (χ0v) is 19.3. The van der Waals surface area contributed by atoms with Gasteiger partial charge in [0.25, 0.3) is 5.91 Å². The molecule has 176 valence electrons. The van der Waals surface area contributed by atoms with Gasteiger partial charge in [0.1, 0.15) is 17.8 Å². The maximum absolute atomic E-state index is 12.6. The number of hydrogen-bond acceptors (Lipinski definition) is 7. The molecule has 0 saturated carbocycles. The fourth-order valence-electron chi connectivity index (χ4n) is 3.32. The third kappa shape index (κ3) is 7.10. The minimum atomic E-state index is -0.297. The number of ether oxygens (including phenoxy) is 1. The molecule has 1 amide bonds. The van der Waals surface area contributed by atoms with Gasteiger partial charge in [0.05, 0.1) is 0 Å². The van der Waals surface area contributed by atoms with Crippen LogP contribution in [-0.2, 0) is 4.74 Å². The van der Waals surface area contributed by atoms with E-state index in [1.807, 2.05) is 26.0 Å². The molecule has 0 aromatic carbocycles. The molecule has 33 heavy (non-hydrogen) atoms. The van der Waals surface area contributed by atoms with Crippen molar-refractivity contribution in [2.45, 2.75) is 39.2 Å². The molecule has 1 aliphatic rings. The van der Waals surface area contributed by atoms with Gasteiger partial charge in [0, 0.05) is 50.4 Å². The molecule has 0 aliphatic carbocycles. The van der Waals surface area contributed by atoms with Gasteiger partial charge in [-0.15, -0.1) is 0 Å². The SMILES string of the molecule is C=C/C(C)=C\C=C(/CCO)CNC(=O)c1cn(-c2nc(NC3CCOCC3)ncc2C)cn1. The average molecular weight is 453 g/mol. The molecule has 3 rings (SSSR count). The Balaban J connectivity index is 1.67. The Morgan fingerprint density at radius 3 is 2.85 bits per heavy atom. The molecule has 2 aromatic heterocycles. The molecule has 9 nitrogen and oxygen atoms in total. The molecule has 0 spiro atoms. The molecule has 9 heteroatoms. The van der Waals surface area contributed by atoms with Crippen LogP contribution in [0.5, 0.6) is 0 Å². The number of carbonyl (C=O) groups is 1. The summed E-state index contributed by atoms with van der Waals surface area (Å²) in [6, 6.07) is 0.282. The largest absolute Gasteiger partial charge is 0.396 e. The maximum Gasteiger partial charge on any atom is 0.271 e. The number of nitrogens with one attached hydrogen (secondary N) is 2. The third-order valence-electron chi connectivity index (χ3n) is 5.37. The Hall–Kier alpha value is -3.30. The summed E-state index contributed by atoms with van der Waals surface area (Å²) in [6.07, 6.45) is 12.8. The lowest BCUT2D eigenvalue weighted by molar-refractivity contribution is 0.0903. The third-order valence-corrected chi connectivity index (χ3v) is 5.37. The van der Waals surface area contributed by atoms with E-state index in [2.05, 4.69) is 32.2 Å². The number of carbonyl (C=O) groups excluding carboxylic acids is 1. The molecule has 1 aliphatic heterocycles. The van der Waals surface area contributed by atoms with Crippen molar-refractivity contribution in [3.05, 3.63) is 65.9 Å². The molecule has 0 bridgehead atoms. The average Bonchev–Trinajstić information content (AvgIpc) is 3.32. The summed E-state index contributed by atoms with van der Waals surface area (Å²) in [6.45, 7) is 9.36. The molecule has 2 aromatic rings. The van der Waals surface area contributed by atoms with Gasteiger partial charge in [-0.25, -0.2) is 9.97 Å². The predicted molar refractivity (Wildman–Crippen MR) is 127 cm³/mol. The second-order valence-corrected chi connectivity index (χ2v) is 7.99. The lowest BCUT2D eigenvalue weighted by atomic mass is 10.1. The zero-order valence-electron chi connectivity index (χ0n) is 19.3. The van der Waals surface area contributed by atoms with Crippen molar-refractivity contribution in [1.82, 2.24) is 24.8 Å². The fourth-order valence-corrected chi connectivity index (χ4v) is 3.32. The molecular weight excluding hydrogens is 420 g/mol. The molecule has 1 fully saturated rings. The first-order valence-corrected chi connectivity index (χ1v) is 11.1. The van der Waals surface area contributed by atoms with Gasteiger partial charge in [-0.05, 0) is 38.7 Å². The Morgan fingerprint density at radius 2 is 2.12 bits per heavy atom. The minimum Gasteiger partial charge on any atom is -0.396 e. The van der Waals surface area contributed by atoms with Crippen molar-refractivity contribution >= 4 is 11.9 Å². The molecule has 3 heterocycles. The summed E-state index contributed by atoms with van der Waals surface area (Å²) in [5.41, 5.74) is 3.06. The number of allylic oxidation sites excluding steroid dienone is 4. The standard InChI is InChI=1S/C24H32N6O3/c1-4-17(2)5-6-19(7-10-31)14-25-23(32)21-15-30(16-27-21)22-18(3)13-26-24(29-22)28-20-8-11-33-12-9-20/h4-6,13,15-16,20,31H,1,7-12,14H2,2-3H3,(H,25,32)(H,26,28,29)/b17-5-,19-6+. The Kier molecular flexibility index (Phi) is 8.91. The van der Waals surface area contributed by atoms with Gasteiger partial charge in [-0.2, -0.15) is 4.98 Å². The summed E-state index contributed by atoms with van der Waals surface area (Å²) in [7, 11) is 0. The van der Waals surface area contributed by atoms with Gasteiger partial charge < -0.3 is 20.5 Å². The van der Waals surface area contributed by atoms with Crippen LogP contribution in [0, 0.1) is 6.92 Å².